The second-order valence-electron chi connectivity index (χ2n) is 6.56. The maximum absolute atomic E-state index is 13.4. The largest absolute Gasteiger partial charge is 0.289 e. The van der Waals surface area contributed by atoms with E-state index in [9.17, 15) is 13.2 Å². The summed E-state index contributed by atoms with van der Waals surface area (Å²) in [5, 5.41) is 9.75. The van der Waals surface area contributed by atoms with Gasteiger partial charge in [0.25, 0.3) is 15.9 Å². The zero-order chi connectivity index (χ0) is 21.3. The van der Waals surface area contributed by atoms with Crippen molar-refractivity contribution in [1.29, 1.82) is 0 Å². The van der Waals surface area contributed by atoms with E-state index in [4.69, 9.17) is 5.21 Å². The number of nitrogens with one attached hydrogen (secondary N) is 1. The van der Waals surface area contributed by atoms with E-state index in [-0.39, 0.29) is 17.2 Å². The van der Waals surface area contributed by atoms with Gasteiger partial charge in [0.15, 0.2) is 5.16 Å². The summed E-state index contributed by atoms with van der Waals surface area (Å²) in [6.07, 6.45) is 3.68. The van der Waals surface area contributed by atoms with Crippen molar-refractivity contribution < 1.29 is 18.4 Å². The molecule has 2 N–H and O–H groups in total. The predicted molar refractivity (Wildman–Crippen MR) is 114 cm³/mol. The molecule has 3 heterocycles. The zero-order valence-corrected chi connectivity index (χ0v) is 18.3. The van der Waals surface area contributed by atoms with Crippen LogP contribution < -0.4 is 5.48 Å². The van der Waals surface area contributed by atoms with Crippen molar-refractivity contribution in [3.8, 4) is 10.6 Å². The molecule has 0 saturated carbocycles. The molecule has 1 aliphatic heterocycles. The highest BCUT2D eigenvalue weighted by molar-refractivity contribution is 7.98. The second kappa shape index (κ2) is 8.44. The number of fused-ring (bicyclic) bond motifs is 1. The molecule has 0 spiro atoms. The molecule has 3 aromatic rings. The fourth-order valence-corrected chi connectivity index (χ4v) is 6.66. The van der Waals surface area contributed by atoms with Crippen LogP contribution in [0.2, 0.25) is 0 Å². The van der Waals surface area contributed by atoms with Gasteiger partial charge < -0.3 is 0 Å². The monoisotopic (exact) mass is 462 g/mol. The molecule has 0 aliphatic carbocycles. The van der Waals surface area contributed by atoms with Gasteiger partial charge in [-0.2, -0.15) is 4.31 Å². The highest BCUT2D eigenvalue weighted by Gasteiger charge is 2.40. The molecule has 2 aromatic heterocycles. The average Bonchev–Trinajstić information content (AvgIpc) is 3.29. The first kappa shape index (κ1) is 20.9. The van der Waals surface area contributed by atoms with Gasteiger partial charge in [0.2, 0.25) is 0 Å². The van der Waals surface area contributed by atoms with E-state index in [1.54, 1.807) is 23.8 Å². The standard InChI is InChI=1S/C19H18N4O4S3/c1-28-19-20-9-8-14(21-19)16-6-7-17(29-16)30(26,27)23-11-13-5-3-2-4-12(13)10-15(23)18(24)22-25/h2-9,15,25H,10-11H2,1H3,(H,22,24)/t15-/m1/s1. The molecule has 0 fully saturated rings. The van der Waals surface area contributed by atoms with Crippen LogP contribution in [0.15, 0.2) is 58.0 Å². The van der Waals surface area contributed by atoms with Gasteiger partial charge >= 0.3 is 0 Å². The fourth-order valence-electron chi connectivity index (χ4n) is 3.34. The summed E-state index contributed by atoms with van der Waals surface area (Å²) in [4.78, 5) is 21.5. The Labute approximate surface area is 182 Å². The summed E-state index contributed by atoms with van der Waals surface area (Å²) in [7, 11) is -3.98. The first-order valence-electron chi connectivity index (χ1n) is 8.94. The highest BCUT2D eigenvalue weighted by Crippen LogP contribution is 2.35. The number of nitrogens with zero attached hydrogens (tertiary/aromatic N) is 3. The van der Waals surface area contributed by atoms with E-state index >= 15 is 0 Å². The molecule has 1 atom stereocenters. The summed E-state index contributed by atoms with van der Waals surface area (Å²) in [5.74, 6) is -0.759. The number of amides is 1. The van der Waals surface area contributed by atoms with Crippen molar-refractivity contribution in [3.05, 3.63) is 59.8 Å². The molecule has 8 nitrogen and oxygen atoms in total. The van der Waals surface area contributed by atoms with E-state index in [0.717, 1.165) is 26.8 Å². The SMILES string of the molecule is CSc1nccc(-c2ccc(S(=O)(=O)N3Cc4ccccc4C[C@@H]3C(=O)NO)s2)n1. The maximum atomic E-state index is 13.4. The third-order valence-electron chi connectivity index (χ3n) is 4.83. The lowest BCUT2D eigenvalue weighted by atomic mass is 9.95. The fraction of sp³-hybridized carbons (Fsp3) is 0.211. The number of thioether (sulfide) groups is 1. The lowest BCUT2D eigenvalue weighted by Crippen LogP contribution is -2.51. The number of benzene rings is 1. The number of hydrogen-bond acceptors (Lipinski definition) is 8. The first-order chi connectivity index (χ1) is 14.4. The van der Waals surface area contributed by atoms with Gasteiger partial charge in [-0.1, -0.05) is 36.0 Å². The number of hydroxylamine groups is 1. The van der Waals surface area contributed by atoms with Crippen LogP contribution in [0, 0.1) is 0 Å². The number of aromatic nitrogens is 2. The van der Waals surface area contributed by atoms with E-state index < -0.39 is 22.0 Å². The molecule has 156 valence electrons. The van der Waals surface area contributed by atoms with Crippen LogP contribution in [0.5, 0.6) is 0 Å². The van der Waals surface area contributed by atoms with Gasteiger partial charge in [-0.15, -0.1) is 11.3 Å². The lowest BCUT2D eigenvalue weighted by Gasteiger charge is -2.34. The zero-order valence-electron chi connectivity index (χ0n) is 15.8. The molecule has 4 rings (SSSR count). The summed E-state index contributed by atoms with van der Waals surface area (Å²) in [6, 6.07) is 11.3. The van der Waals surface area contributed by atoms with Crippen LogP contribution in [0.1, 0.15) is 11.1 Å². The third-order valence-corrected chi connectivity index (χ3v) is 8.82. The first-order valence-corrected chi connectivity index (χ1v) is 12.4. The number of rotatable bonds is 5. The Kier molecular flexibility index (Phi) is 5.89. The van der Waals surface area contributed by atoms with Gasteiger partial charge in [0, 0.05) is 12.7 Å². The molecule has 11 heteroatoms. The average molecular weight is 463 g/mol. The number of sulfonamides is 1. The van der Waals surface area contributed by atoms with Gasteiger partial charge in [0.1, 0.15) is 10.3 Å². The van der Waals surface area contributed by atoms with Crippen LogP contribution >= 0.6 is 23.1 Å². The Balaban J connectivity index is 1.71. The Hall–Kier alpha value is -2.31. The van der Waals surface area contributed by atoms with Crippen molar-refractivity contribution in [2.45, 2.75) is 28.4 Å². The Bertz CT molecular complexity index is 1200. The number of carbonyl (C=O) groups excluding carboxylic acids is 1. The minimum Gasteiger partial charge on any atom is -0.289 e. The van der Waals surface area contributed by atoms with Crippen LogP contribution in [0.25, 0.3) is 10.6 Å². The van der Waals surface area contributed by atoms with E-state index in [1.165, 1.54) is 17.8 Å². The van der Waals surface area contributed by atoms with Gasteiger partial charge in [0.05, 0.1) is 10.6 Å². The van der Waals surface area contributed by atoms with Gasteiger partial charge in [-0.3, -0.25) is 10.0 Å². The van der Waals surface area contributed by atoms with E-state index in [2.05, 4.69) is 9.97 Å². The maximum Gasteiger partial charge on any atom is 0.262 e. The number of thiophene rings is 1. The molecular formula is C19H18N4O4S3. The Morgan fingerprint density at radius 3 is 2.73 bits per heavy atom. The van der Waals surface area contributed by atoms with Crippen molar-refractivity contribution in [2.75, 3.05) is 6.26 Å². The summed E-state index contributed by atoms with van der Waals surface area (Å²) < 4.78 is 28.1. The molecular weight excluding hydrogens is 444 g/mol. The second-order valence-corrected chi connectivity index (χ2v) is 10.5. The quantitative estimate of drug-likeness (QED) is 0.259. The highest BCUT2D eigenvalue weighted by atomic mass is 32.2. The topological polar surface area (TPSA) is 112 Å². The molecule has 1 amide bonds. The van der Waals surface area contributed by atoms with E-state index in [1.807, 2.05) is 30.5 Å². The molecule has 0 unspecified atom stereocenters. The minimum atomic E-state index is -3.98. The predicted octanol–water partition coefficient (Wildman–Crippen LogP) is 2.55. The Morgan fingerprint density at radius 1 is 1.23 bits per heavy atom. The van der Waals surface area contributed by atoms with Crippen molar-refractivity contribution in [1.82, 2.24) is 19.8 Å². The summed E-state index contributed by atoms with van der Waals surface area (Å²) in [5.41, 5.74) is 3.95. The smallest absolute Gasteiger partial charge is 0.262 e. The van der Waals surface area contributed by atoms with Crippen molar-refractivity contribution >= 4 is 39.0 Å². The third kappa shape index (κ3) is 3.86. The summed E-state index contributed by atoms with van der Waals surface area (Å²) >= 11 is 2.49. The molecule has 0 saturated heterocycles. The molecule has 1 aliphatic rings. The van der Waals surface area contributed by atoms with Gasteiger partial charge in [-0.05, 0) is 42.0 Å². The van der Waals surface area contributed by atoms with Crippen LogP contribution in [0.3, 0.4) is 0 Å². The van der Waals surface area contributed by atoms with Gasteiger partial charge in [-0.25, -0.2) is 23.9 Å². The van der Waals surface area contributed by atoms with Crippen LogP contribution in [0.4, 0.5) is 0 Å². The summed E-state index contributed by atoms with van der Waals surface area (Å²) in [6.45, 7) is 0.0496. The van der Waals surface area contributed by atoms with Crippen LogP contribution in [-0.2, 0) is 27.8 Å². The molecule has 0 radical (unpaired) electrons. The molecule has 1 aromatic carbocycles. The minimum absolute atomic E-state index is 0.0496. The number of hydrogen-bond donors (Lipinski definition) is 2. The van der Waals surface area contributed by atoms with Crippen molar-refractivity contribution in [3.63, 3.8) is 0 Å². The molecule has 0 bridgehead atoms. The molecule has 30 heavy (non-hydrogen) atoms. The number of carbonyl (C=O) groups is 1. The van der Waals surface area contributed by atoms with Crippen molar-refractivity contribution in [2.24, 2.45) is 0 Å². The lowest BCUT2D eigenvalue weighted by molar-refractivity contribution is -0.133. The Morgan fingerprint density at radius 2 is 2.00 bits per heavy atom. The van der Waals surface area contributed by atoms with Crippen LogP contribution in [-0.4, -0.2) is 46.1 Å². The van der Waals surface area contributed by atoms with E-state index in [0.29, 0.717) is 15.7 Å². The normalized spacial score (nSPS) is 16.8.